The number of nitrogens with one attached hydrogen (secondary N) is 1. The van der Waals surface area contributed by atoms with Gasteiger partial charge in [0.25, 0.3) is 5.91 Å². The molecule has 33 heavy (non-hydrogen) atoms. The van der Waals surface area contributed by atoms with Crippen molar-refractivity contribution in [1.82, 2.24) is 19.8 Å². The minimum absolute atomic E-state index is 0.0320. The van der Waals surface area contributed by atoms with E-state index in [1.807, 2.05) is 28.0 Å². The van der Waals surface area contributed by atoms with Gasteiger partial charge in [0.2, 0.25) is 5.91 Å². The summed E-state index contributed by atoms with van der Waals surface area (Å²) in [5.74, 6) is 0.867. The van der Waals surface area contributed by atoms with Crippen molar-refractivity contribution in [1.29, 1.82) is 0 Å². The minimum atomic E-state index is -0.415. The molecule has 6 rings (SSSR count). The first-order chi connectivity index (χ1) is 16.0. The smallest absolute Gasteiger partial charge is 0.254 e. The van der Waals surface area contributed by atoms with Crippen LogP contribution in [-0.2, 0) is 10.2 Å². The first-order valence-corrected chi connectivity index (χ1v) is 11.4. The van der Waals surface area contributed by atoms with Gasteiger partial charge in [-0.25, -0.2) is 0 Å². The van der Waals surface area contributed by atoms with Crippen molar-refractivity contribution in [3.05, 3.63) is 59.5 Å². The summed E-state index contributed by atoms with van der Waals surface area (Å²) in [6.45, 7) is 1.39. The zero-order chi connectivity index (χ0) is 22.7. The molecular weight excluding hydrogens is 420 g/mol. The molecule has 3 aliphatic rings. The van der Waals surface area contributed by atoms with E-state index >= 15 is 0 Å². The molecule has 2 amide bonds. The number of carbonyl (C=O) groups is 2. The summed E-state index contributed by atoms with van der Waals surface area (Å²) in [5.41, 5.74) is 3.13. The Balaban J connectivity index is 1.43. The molecule has 2 fully saturated rings. The van der Waals surface area contributed by atoms with Gasteiger partial charge in [-0.3, -0.25) is 14.6 Å². The quantitative estimate of drug-likeness (QED) is 0.641. The van der Waals surface area contributed by atoms with E-state index in [0.717, 1.165) is 40.8 Å². The van der Waals surface area contributed by atoms with Gasteiger partial charge in [-0.15, -0.1) is 0 Å². The van der Waals surface area contributed by atoms with E-state index in [2.05, 4.69) is 9.97 Å². The van der Waals surface area contributed by atoms with Crippen LogP contribution in [0.15, 0.2) is 42.7 Å². The Kier molecular flexibility index (Phi) is 4.48. The van der Waals surface area contributed by atoms with Gasteiger partial charge in [0.15, 0.2) is 0 Å². The number of ether oxygens (including phenoxy) is 1. The molecule has 8 nitrogen and oxygen atoms in total. The third kappa shape index (κ3) is 3.04. The number of aliphatic hydroxyl groups excluding tert-OH is 1. The summed E-state index contributed by atoms with van der Waals surface area (Å²) >= 11 is 0. The molecule has 2 aromatic heterocycles. The highest BCUT2D eigenvalue weighted by atomic mass is 16.5. The number of nitrogens with zero attached hydrogens (tertiary/aromatic N) is 3. The lowest BCUT2D eigenvalue weighted by molar-refractivity contribution is -0.139. The van der Waals surface area contributed by atoms with Crippen molar-refractivity contribution in [3.63, 3.8) is 0 Å². The minimum Gasteiger partial charge on any atom is -0.497 e. The lowest BCUT2D eigenvalue weighted by atomic mass is 9.68. The number of hydrogen-bond donors (Lipinski definition) is 2. The highest BCUT2D eigenvalue weighted by Gasteiger charge is 2.55. The molecule has 1 atom stereocenters. The Hall–Kier alpha value is -3.39. The predicted octanol–water partition coefficient (Wildman–Crippen LogP) is 2.25. The standard InChI is InChI=1S/C25H26N4O4/c1-33-17-4-5-18-19(10-17)27-22-20(11-30)29(24(32)15-2-3-15)14-25(21(18)22)12-28(13-25)23(31)16-6-8-26-9-7-16/h4-10,15,20,27,30H,2-3,11-14H2,1H3/t20-/m1/s1. The van der Waals surface area contributed by atoms with Gasteiger partial charge in [-0.1, -0.05) is 0 Å². The van der Waals surface area contributed by atoms with Crippen molar-refractivity contribution >= 4 is 22.7 Å². The van der Waals surface area contributed by atoms with Crippen LogP contribution in [0.5, 0.6) is 5.75 Å². The number of likely N-dealkylation sites (tertiary alicyclic amines) is 1. The molecule has 8 heteroatoms. The number of methoxy groups -OCH3 is 1. The predicted molar refractivity (Wildman–Crippen MR) is 121 cm³/mol. The van der Waals surface area contributed by atoms with Gasteiger partial charge in [0, 0.05) is 66.2 Å². The number of aromatic amines is 1. The van der Waals surface area contributed by atoms with Crippen LogP contribution < -0.4 is 4.74 Å². The lowest BCUT2D eigenvalue weighted by Gasteiger charge is -2.56. The van der Waals surface area contributed by atoms with E-state index in [4.69, 9.17) is 4.74 Å². The van der Waals surface area contributed by atoms with Gasteiger partial charge in [0.1, 0.15) is 5.75 Å². The molecular formula is C25H26N4O4. The second-order valence-corrected chi connectivity index (χ2v) is 9.44. The number of aromatic nitrogens is 2. The number of fused-ring (bicyclic) bond motifs is 4. The van der Waals surface area contributed by atoms with E-state index < -0.39 is 6.04 Å². The third-order valence-electron chi connectivity index (χ3n) is 7.33. The molecule has 0 unspecified atom stereocenters. The summed E-state index contributed by atoms with van der Waals surface area (Å²) in [4.78, 5) is 37.4. The number of hydrogen-bond acceptors (Lipinski definition) is 5. The molecule has 3 aromatic rings. The van der Waals surface area contributed by atoms with Gasteiger partial charge >= 0.3 is 0 Å². The van der Waals surface area contributed by atoms with Gasteiger partial charge < -0.3 is 24.6 Å². The summed E-state index contributed by atoms with van der Waals surface area (Å²) < 4.78 is 5.40. The van der Waals surface area contributed by atoms with Gasteiger partial charge in [0.05, 0.1) is 25.2 Å². The molecule has 4 heterocycles. The van der Waals surface area contributed by atoms with Crippen LogP contribution in [-0.4, -0.2) is 70.0 Å². The Bertz CT molecular complexity index is 1240. The van der Waals surface area contributed by atoms with E-state index in [1.165, 1.54) is 0 Å². The topological polar surface area (TPSA) is 98.8 Å². The first-order valence-electron chi connectivity index (χ1n) is 11.4. The number of rotatable bonds is 4. The van der Waals surface area contributed by atoms with Crippen LogP contribution in [0, 0.1) is 5.92 Å². The van der Waals surface area contributed by atoms with Crippen molar-refractivity contribution in [2.45, 2.75) is 24.3 Å². The second-order valence-electron chi connectivity index (χ2n) is 9.44. The van der Waals surface area contributed by atoms with E-state index in [9.17, 15) is 14.7 Å². The van der Waals surface area contributed by atoms with E-state index in [0.29, 0.717) is 25.2 Å². The number of benzene rings is 1. The average molecular weight is 447 g/mol. The molecule has 0 radical (unpaired) electrons. The maximum Gasteiger partial charge on any atom is 0.254 e. The van der Waals surface area contributed by atoms with E-state index in [-0.39, 0.29) is 29.8 Å². The van der Waals surface area contributed by atoms with Crippen LogP contribution in [0.3, 0.4) is 0 Å². The first kappa shape index (κ1) is 20.2. The van der Waals surface area contributed by atoms with Crippen molar-refractivity contribution in [3.8, 4) is 5.75 Å². The van der Waals surface area contributed by atoms with Crippen molar-refractivity contribution in [2.75, 3.05) is 33.4 Å². The molecule has 1 spiro atoms. The van der Waals surface area contributed by atoms with Crippen LogP contribution in [0.4, 0.5) is 0 Å². The zero-order valence-electron chi connectivity index (χ0n) is 18.5. The van der Waals surface area contributed by atoms with Crippen LogP contribution in [0.2, 0.25) is 0 Å². The molecule has 1 saturated heterocycles. The fourth-order valence-corrected chi connectivity index (χ4v) is 5.57. The average Bonchev–Trinajstić information content (AvgIpc) is 3.61. The second kappa shape index (κ2) is 7.31. The molecule has 0 bridgehead atoms. The Morgan fingerprint density at radius 2 is 1.94 bits per heavy atom. The monoisotopic (exact) mass is 446 g/mol. The molecule has 170 valence electrons. The Labute approximate surface area is 191 Å². The number of aliphatic hydroxyl groups is 1. The zero-order valence-corrected chi connectivity index (χ0v) is 18.5. The van der Waals surface area contributed by atoms with Gasteiger partial charge in [-0.05, 0) is 42.7 Å². The van der Waals surface area contributed by atoms with Crippen LogP contribution in [0.1, 0.15) is 40.5 Å². The van der Waals surface area contributed by atoms with Gasteiger partial charge in [-0.2, -0.15) is 0 Å². The molecule has 1 aliphatic carbocycles. The third-order valence-corrected chi connectivity index (χ3v) is 7.33. The molecule has 2 N–H and O–H groups in total. The number of amides is 2. The van der Waals surface area contributed by atoms with Crippen molar-refractivity contribution < 1.29 is 19.4 Å². The highest BCUT2D eigenvalue weighted by molar-refractivity contribution is 5.96. The van der Waals surface area contributed by atoms with E-state index in [1.54, 1.807) is 31.6 Å². The largest absolute Gasteiger partial charge is 0.497 e. The SMILES string of the molecule is COc1ccc2c3c([nH]c2c1)[C@@H](CO)N(C(=O)C1CC1)CC31CN(C(=O)c2ccncc2)C1. The fraction of sp³-hybridized carbons (Fsp3) is 0.400. The van der Waals surface area contributed by atoms with Crippen molar-refractivity contribution in [2.24, 2.45) is 5.92 Å². The van der Waals surface area contributed by atoms with Crippen LogP contribution >= 0.6 is 0 Å². The summed E-state index contributed by atoms with van der Waals surface area (Å²) in [6.07, 6.45) is 5.06. The number of H-pyrrole nitrogens is 1. The molecule has 1 saturated carbocycles. The Morgan fingerprint density at radius 1 is 1.18 bits per heavy atom. The molecule has 1 aromatic carbocycles. The Morgan fingerprint density at radius 3 is 2.61 bits per heavy atom. The summed E-state index contributed by atoms with van der Waals surface area (Å²) in [6, 6.07) is 8.94. The highest BCUT2D eigenvalue weighted by Crippen LogP contribution is 2.50. The maximum atomic E-state index is 13.2. The van der Waals surface area contributed by atoms with Crippen LogP contribution in [0.25, 0.3) is 10.9 Å². The summed E-state index contributed by atoms with van der Waals surface area (Å²) in [7, 11) is 1.63. The fourth-order valence-electron chi connectivity index (χ4n) is 5.57. The number of carbonyl (C=O) groups excluding carboxylic acids is 2. The lowest BCUT2D eigenvalue weighted by Crippen LogP contribution is -2.68. The maximum absolute atomic E-state index is 13.2. The molecule has 2 aliphatic heterocycles. The number of pyridine rings is 1. The summed E-state index contributed by atoms with van der Waals surface area (Å²) in [5, 5.41) is 11.4. The normalized spacial score (nSPS) is 21.1.